The predicted molar refractivity (Wildman–Crippen MR) is 96.5 cm³/mol. The van der Waals surface area contributed by atoms with Gasteiger partial charge in [0.25, 0.3) is 5.91 Å². The first kappa shape index (κ1) is 17.3. The summed E-state index contributed by atoms with van der Waals surface area (Å²) in [6.45, 7) is 3.92. The molecule has 0 bridgehead atoms. The van der Waals surface area contributed by atoms with Crippen molar-refractivity contribution in [1.82, 2.24) is 0 Å². The summed E-state index contributed by atoms with van der Waals surface area (Å²) in [4.78, 5) is 12.3. The fourth-order valence-electron chi connectivity index (χ4n) is 2.67. The Hall–Kier alpha value is -2.53. The van der Waals surface area contributed by atoms with E-state index in [0.717, 1.165) is 36.6 Å². The molecular weight excluding hydrogens is 318 g/mol. The largest absolute Gasteiger partial charge is 0.494 e. The highest BCUT2D eigenvalue weighted by atomic mass is 16.5. The van der Waals surface area contributed by atoms with Gasteiger partial charge in [-0.05, 0) is 68.3 Å². The van der Waals surface area contributed by atoms with Gasteiger partial charge in [-0.25, -0.2) is 0 Å². The number of amides is 1. The minimum atomic E-state index is -0.156. The van der Waals surface area contributed by atoms with Crippen molar-refractivity contribution >= 4 is 11.6 Å². The van der Waals surface area contributed by atoms with Crippen molar-refractivity contribution in [3.8, 4) is 11.5 Å². The molecule has 1 aliphatic rings. The molecule has 0 aliphatic carbocycles. The molecule has 5 heteroatoms. The Balaban J connectivity index is 1.52. The van der Waals surface area contributed by atoms with Crippen molar-refractivity contribution in [2.75, 3.05) is 25.1 Å². The van der Waals surface area contributed by atoms with Gasteiger partial charge >= 0.3 is 0 Å². The summed E-state index contributed by atoms with van der Waals surface area (Å²) in [6.07, 6.45) is 2.35. The fourth-order valence-corrected chi connectivity index (χ4v) is 2.67. The summed E-state index contributed by atoms with van der Waals surface area (Å²) in [5.74, 6) is 1.37. The first-order valence-corrected chi connectivity index (χ1v) is 8.63. The summed E-state index contributed by atoms with van der Waals surface area (Å²) in [5.41, 5.74) is 1.31. The minimum Gasteiger partial charge on any atom is -0.494 e. The first-order chi connectivity index (χ1) is 12.2. The van der Waals surface area contributed by atoms with Gasteiger partial charge in [0.1, 0.15) is 18.1 Å². The van der Waals surface area contributed by atoms with E-state index in [1.165, 1.54) is 0 Å². The molecule has 1 saturated heterocycles. The normalized spacial score (nSPS) is 16.4. The standard InChI is InChI=1S/C20H23NO4/c1-2-23-17-9-5-15(6-10-17)20(22)21-16-7-11-18(12-8-16)25-14-19-4-3-13-24-19/h5-12,19H,2-4,13-14H2,1H3,(H,21,22)/t19-/m1/s1. The maximum Gasteiger partial charge on any atom is 0.255 e. The molecule has 2 aromatic carbocycles. The van der Waals surface area contributed by atoms with Gasteiger partial charge in [-0.15, -0.1) is 0 Å². The second-order valence-corrected chi connectivity index (χ2v) is 5.88. The molecule has 1 fully saturated rings. The van der Waals surface area contributed by atoms with Crippen molar-refractivity contribution in [3.63, 3.8) is 0 Å². The molecule has 0 spiro atoms. The highest BCUT2D eigenvalue weighted by molar-refractivity contribution is 6.04. The number of carbonyl (C=O) groups is 1. The van der Waals surface area contributed by atoms with Crippen LogP contribution >= 0.6 is 0 Å². The Labute approximate surface area is 147 Å². The third kappa shape index (κ3) is 4.97. The maximum absolute atomic E-state index is 12.3. The zero-order valence-electron chi connectivity index (χ0n) is 14.4. The van der Waals surface area contributed by atoms with Crippen LogP contribution in [-0.4, -0.2) is 31.8 Å². The lowest BCUT2D eigenvalue weighted by molar-refractivity contribution is 0.0679. The monoisotopic (exact) mass is 341 g/mol. The third-order valence-corrected chi connectivity index (χ3v) is 4.00. The molecule has 1 amide bonds. The molecule has 0 aromatic heterocycles. The van der Waals surface area contributed by atoms with Gasteiger partial charge in [-0.1, -0.05) is 0 Å². The summed E-state index contributed by atoms with van der Waals surface area (Å²) >= 11 is 0. The van der Waals surface area contributed by atoms with Gasteiger partial charge in [0, 0.05) is 17.9 Å². The summed E-state index contributed by atoms with van der Waals surface area (Å²) < 4.78 is 16.6. The van der Waals surface area contributed by atoms with E-state index >= 15 is 0 Å². The summed E-state index contributed by atoms with van der Waals surface area (Å²) in [5, 5.41) is 2.87. The van der Waals surface area contributed by atoms with Crippen molar-refractivity contribution in [2.24, 2.45) is 0 Å². The second-order valence-electron chi connectivity index (χ2n) is 5.88. The summed E-state index contributed by atoms with van der Waals surface area (Å²) in [7, 11) is 0. The Morgan fingerprint density at radius 3 is 2.40 bits per heavy atom. The number of nitrogens with one attached hydrogen (secondary N) is 1. The van der Waals surface area contributed by atoms with Crippen LogP contribution < -0.4 is 14.8 Å². The predicted octanol–water partition coefficient (Wildman–Crippen LogP) is 3.90. The lowest BCUT2D eigenvalue weighted by Crippen LogP contribution is -2.16. The van der Waals surface area contributed by atoms with Gasteiger partial charge in [0.05, 0.1) is 12.7 Å². The average molecular weight is 341 g/mol. The van der Waals surface area contributed by atoms with Crippen molar-refractivity contribution in [1.29, 1.82) is 0 Å². The molecule has 0 unspecified atom stereocenters. The number of rotatable bonds is 7. The summed E-state index contributed by atoms with van der Waals surface area (Å²) in [6, 6.07) is 14.4. The van der Waals surface area contributed by atoms with E-state index < -0.39 is 0 Å². The van der Waals surface area contributed by atoms with Crippen molar-refractivity contribution < 1.29 is 19.0 Å². The van der Waals surface area contributed by atoms with Gasteiger partial charge < -0.3 is 19.5 Å². The van der Waals surface area contributed by atoms with E-state index in [9.17, 15) is 4.79 Å². The lowest BCUT2D eigenvalue weighted by Gasteiger charge is -2.12. The molecule has 5 nitrogen and oxygen atoms in total. The van der Waals surface area contributed by atoms with E-state index in [2.05, 4.69) is 5.32 Å². The number of carbonyl (C=O) groups excluding carboxylic acids is 1. The van der Waals surface area contributed by atoms with Crippen LogP contribution in [0.4, 0.5) is 5.69 Å². The second kappa shape index (κ2) is 8.53. The molecule has 25 heavy (non-hydrogen) atoms. The molecule has 1 N–H and O–H groups in total. The van der Waals surface area contributed by atoms with E-state index in [1.807, 2.05) is 31.2 Å². The number of anilines is 1. The molecule has 132 valence electrons. The molecule has 1 heterocycles. The van der Waals surface area contributed by atoms with Crippen LogP contribution in [0.5, 0.6) is 11.5 Å². The number of benzene rings is 2. The fraction of sp³-hybridized carbons (Fsp3) is 0.350. The Bertz CT molecular complexity index is 676. The maximum atomic E-state index is 12.3. The topological polar surface area (TPSA) is 56.8 Å². The number of hydrogen-bond acceptors (Lipinski definition) is 4. The highest BCUT2D eigenvalue weighted by Crippen LogP contribution is 2.19. The van der Waals surface area contributed by atoms with Crippen LogP contribution in [0, 0.1) is 0 Å². The van der Waals surface area contributed by atoms with E-state index in [1.54, 1.807) is 24.3 Å². The third-order valence-electron chi connectivity index (χ3n) is 4.00. The molecule has 1 atom stereocenters. The number of ether oxygens (including phenoxy) is 3. The first-order valence-electron chi connectivity index (χ1n) is 8.63. The van der Waals surface area contributed by atoms with Crippen molar-refractivity contribution in [3.05, 3.63) is 54.1 Å². The average Bonchev–Trinajstić information content (AvgIpc) is 3.15. The van der Waals surface area contributed by atoms with Gasteiger partial charge in [-0.2, -0.15) is 0 Å². The minimum absolute atomic E-state index is 0.156. The molecule has 3 rings (SSSR count). The SMILES string of the molecule is CCOc1ccc(C(=O)Nc2ccc(OC[C@H]3CCCO3)cc2)cc1. The van der Waals surface area contributed by atoms with Gasteiger partial charge in [0.15, 0.2) is 0 Å². The van der Waals surface area contributed by atoms with Crippen LogP contribution in [0.2, 0.25) is 0 Å². The Kier molecular flexibility index (Phi) is 5.90. The zero-order valence-corrected chi connectivity index (χ0v) is 14.4. The molecule has 0 saturated carbocycles. The van der Waals surface area contributed by atoms with E-state index in [4.69, 9.17) is 14.2 Å². The van der Waals surface area contributed by atoms with E-state index in [0.29, 0.717) is 18.8 Å². The quantitative estimate of drug-likeness (QED) is 0.830. The van der Waals surface area contributed by atoms with Crippen LogP contribution in [0.1, 0.15) is 30.1 Å². The van der Waals surface area contributed by atoms with E-state index in [-0.39, 0.29) is 12.0 Å². The van der Waals surface area contributed by atoms with Crippen LogP contribution in [0.15, 0.2) is 48.5 Å². The molecule has 2 aromatic rings. The molecular formula is C20H23NO4. The van der Waals surface area contributed by atoms with Crippen LogP contribution in [0.3, 0.4) is 0 Å². The molecule has 1 aliphatic heterocycles. The Morgan fingerprint density at radius 1 is 1.08 bits per heavy atom. The zero-order chi connectivity index (χ0) is 17.5. The van der Waals surface area contributed by atoms with Crippen LogP contribution in [-0.2, 0) is 4.74 Å². The lowest BCUT2D eigenvalue weighted by atomic mass is 10.2. The van der Waals surface area contributed by atoms with Gasteiger partial charge in [-0.3, -0.25) is 4.79 Å². The smallest absolute Gasteiger partial charge is 0.255 e. The number of hydrogen-bond donors (Lipinski definition) is 1. The molecule has 0 radical (unpaired) electrons. The van der Waals surface area contributed by atoms with Gasteiger partial charge in [0.2, 0.25) is 0 Å². The van der Waals surface area contributed by atoms with Crippen molar-refractivity contribution in [2.45, 2.75) is 25.9 Å². The van der Waals surface area contributed by atoms with Crippen LogP contribution in [0.25, 0.3) is 0 Å². The highest BCUT2D eigenvalue weighted by Gasteiger charge is 2.16. The Morgan fingerprint density at radius 2 is 1.76 bits per heavy atom.